The zero-order valence-corrected chi connectivity index (χ0v) is 23.1. The number of benzene rings is 1. The molecule has 0 bridgehead atoms. The molecule has 3 aromatic heterocycles. The van der Waals surface area contributed by atoms with Crippen LogP contribution in [0, 0.1) is 11.3 Å². The molecule has 4 N–H and O–H groups in total. The van der Waals surface area contributed by atoms with Crippen LogP contribution in [0.4, 0.5) is 4.79 Å². The molecule has 0 saturated carbocycles. The predicted molar refractivity (Wildman–Crippen MR) is 147 cm³/mol. The van der Waals surface area contributed by atoms with E-state index in [0.717, 1.165) is 0 Å². The van der Waals surface area contributed by atoms with Crippen LogP contribution in [0.5, 0.6) is 5.75 Å². The van der Waals surface area contributed by atoms with Crippen LogP contribution >= 0.6 is 0 Å². The lowest BCUT2D eigenvalue weighted by Gasteiger charge is -2.38. The van der Waals surface area contributed by atoms with Crippen LogP contribution in [-0.4, -0.2) is 99.4 Å². The fourth-order valence-corrected chi connectivity index (χ4v) is 4.79. The molecular formula is C28H29N7O8. The maximum atomic E-state index is 13.5. The number of fused-ring (bicyclic) bond motifs is 1. The molecule has 1 saturated heterocycles. The minimum Gasteiger partial charge on any atom is -0.479 e. The van der Waals surface area contributed by atoms with E-state index in [1.54, 1.807) is 60.7 Å². The number of nitriles is 1. The maximum absolute atomic E-state index is 13.5. The minimum atomic E-state index is -1.85. The number of aromatic nitrogens is 5. The van der Waals surface area contributed by atoms with Gasteiger partial charge in [0.05, 0.1) is 37.0 Å². The van der Waals surface area contributed by atoms with E-state index in [1.807, 2.05) is 6.92 Å². The number of aliphatic hydroxyl groups excluding tert-OH is 3. The first-order valence-corrected chi connectivity index (χ1v) is 13.3. The van der Waals surface area contributed by atoms with E-state index in [-0.39, 0.29) is 18.3 Å². The molecule has 0 aliphatic carbocycles. The Labute approximate surface area is 244 Å². The quantitative estimate of drug-likeness (QED) is 0.227. The lowest BCUT2D eigenvalue weighted by atomic mass is 9.99. The highest BCUT2D eigenvalue weighted by Crippen LogP contribution is 2.29. The Hall–Kier alpha value is -4.88. The summed E-state index contributed by atoms with van der Waals surface area (Å²) in [5, 5.41) is 53.7. The monoisotopic (exact) mass is 591 g/mol. The van der Waals surface area contributed by atoms with Crippen molar-refractivity contribution >= 4 is 23.0 Å². The van der Waals surface area contributed by atoms with Crippen LogP contribution in [0.25, 0.3) is 22.3 Å². The van der Waals surface area contributed by atoms with Crippen molar-refractivity contribution in [2.45, 2.75) is 56.6 Å². The molecule has 224 valence electrons. The van der Waals surface area contributed by atoms with Crippen molar-refractivity contribution in [1.82, 2.24) is 29.2 Å². The number of amides is 1. The van der Waals surface area contributed by atoms with E-state index in [1.165, 1.54) is 15.8 Å². The molecule has 4 aromatic rings. The van der Waals surface area contributed by atoms with Crippen LogP contribution in [0.1, 0.15) is 24.9 Å². The smallest absolute Gasteiger partial charge is 0.335 e. The first-order valence-electron chi connectivity index (χ1n) is 13.3. The van der Waals surface area contributed by atoms with Gasteiger partial charge in [0.1, 0.15) is 30.4 Å². The van der Waals surface area contributed by atoms with Gasteiger partial charge in [0.25, 0.3) is 0 Å². The van der Waals surface area contributed by atoms with Gasteiger partial charge in [0.2, 0.25) is 6.29 Å². The fraction of sp³-hybridized carbons (Fsp3) is 0.357. The molecule has 15 nitrogen and oxygen atoms in total. The van der Waals surface area contributed by atoms with E-state index in [2.05, 4.69) is 21.1 Å². The number of para-hydroxylation sites is 1. The van der Waals surface area contributed by atoms with Crippen molar-refractivity contribution in [2.75, 3.05) is 7.05 Å². The number of aliphatic carboxylic acids is 1. The maximum Gasteiger partial charge on any atom is 0.335 e. The molecule has 1 amide bonds. The summed E-state index contributed by atoms with van der Waals surface area (Å²) in [6.07, 6.45) is -2.16. The summed E-state index contributed by atoms with van der Waals surface area (Å²) in [4.78, 5) is 35.1. The fourth-order valence-electron chi connectivity index (χ4n) is 4.79. The summed E-state index contributed by atoms with van der Waals surface area (Å²) >= 11 is 0. The summed E-state index contributed by atoms with van der Waals surface area (Å²) in [5.41, 5.74) is 2.14. The first-order chi connectivity index (χ1) is 20.6. The van der Waals surface area contributed by atoms with Gasteiger partial charge < -0.3 is 34.8 Å². The molecule has 6 atom stereocenters. The van der Waals surface area contributed by atoms with Gasteiger partial charge in [0, 0.05) is 36.0 Å². The van der Waals surface area contributed by atoms with Crippen molar-refractivity contribution in [3.63, 3.8) is 0 Å². The Bertz CT molecular complexity index is 1680. The summed E-state index contributed by atoms with van der Waals surface area (Å²) in [5.74, 6) is -1.36. The third-order valence-electron chi connectivity index (χ3n) is 7.16. The highest BCUT2D eigenvalue weighted by molar-refractivity contribution is 5.96. The average molecular weight is 592 g/mol. The largest absolute Gasteiger partial charge is 0.479 e. The van der Waals surface area contributed by atoms with Gasteiger partial charge in [-0.25, -0.2) is 19.6 Å². The van der Waals surface area contributed by atoms with E-state index in [0.29, 0.717) is 34.3 Å². The number of rotatable bonds is 8. The van der Waals surface area contributed by atoms with Crippen molar-refractivity contribution in [3.05, 3.63) is 60.8 Å². The second kappa shape index (κ2) is 12.2. The molecule has 1 aromatic carbocycles. The van der Waals surface area contributed by atoms with E-state index >= 15 is 0 Å². The summed E-state index contributed by atoms with van der Waals surface area (Å²) in [7, 11) is 1.57. The number of carbonyl (C=O) groups excluding carboxylic acids is 1. The van der Waals surface area contributed by atoms with Crippen LogP contribution in [0.2, 0.25) is 0 Å². The van der Waals surface area contributed by atoms with Crippen molar-refractivity contribution < 1.29 is 39.5 Å². The van der Waals surface area contributed by atoms with Gasteiger partial charge in [-0.2, -0.15) is 10.4 Å². The standard InChI is InChI=1S/C28H29N7O8/c1-15(7-9-29)35-13-17(11-32-35)20-18-8-10-34(25(18)31-14-30-20)28(41)33(2)12-16-5-3-4-6-19(16)42-27-23(38)21(36)22(37)24(43-27)26(39)40/h3-6,8,10-11,13-15,21-24,27,36-38H,7,12H2,1-2H3,(H,39,40)/t15-,21-,22-,23+,24-,27+/m0/s1. The highest BCUT2D eigenvalue weighted by Gasteiger charge is 2.48. The zero-order valence-electron chi connectivity index (χ0n) is 23.1. The van der Waals surface area contributed by atoms with Crippen molar-refractivity contribution in [2.24, 2.45) is 0 Å². The number of hydrogen-bond donors (Lipinski definition) is 4. The van der Waals surface area contributed by atoms with Crippen LogP contribution < -0.4 is 4.74 Å². The molecule has 0 spiro atoms. The second-order valence-corrected chi connectivity index (χ2v) is 10.2. The Morgan fingerprint density at radius 2 is 1.93 bits per heavy atom. The average Bonchev–Trinajstić information content (AvgIpc) is 3.66. The minimum absolute atomic E-state index is 0.0343. The Morgan fingerprint density at radius 3 is 2.67 bits per heavy atom. The van der Waals surface area contributed by atoms with Gasteiger partial charge >= 0.3 is 12.0 Å². The summed E-state index contributed by atoms with van der Waals surface area (Å²) in [6, 6.07) is 9.87. The predicted octanol–water partition coefficient (Wildman–Crippen LogP) is 1.14. The number of ether oxygens (including phenoxy) is 2. The lowest BCUT2D eigenvalue weighted by Crippen LogP contribution is -2.61. The summed E-state index contributed by atoms with van der Waals surface area (Å²) in [6.45, 7) is 1.92. The molecule has 15 heteroatoms. The normalized spacial score (nSPS) is 22.6. The molecule has 1 fully saturated rings. The number of carboxylic acids is 1. The SMILES string of the molecule is C[C@@H](CC#N)n1cc(-c2ncnc3c2ccn3C(=O)N(C)Cc2ccccc2O[C@@H]2O[C@H](C(=O)O)[C@@H](O)[C@H](O)[C@H]2O)cn1. The number of aliphatic hydroxyl groups is 3. The van der Waals surface area contributed by atoms with Crippen molar-refractivity contribution in [3.8, 4) is 23.1 Å². The van der Waals surface area contributed by atoms with Crippen LogP contribution in [0.15, 0.2) is 55.2 Å². The molecule has 5 rings (SSSR count). The topological polar surface area (TPSA) is 209 Å². The number of carboxylic acid groups (broad SMARTS) is 1. The van der Waals surface area contributed by atoms with Gasteiger partial charge in [-0.1, -0.05) is 18.2 Å². The molecule has 43 heavy (non-hydrogen) atoms. The van der Waals surface area contributed by atoms with E-state index in [4.69, 9.17) is 14.7 Å². The first kappa shape index (κ1) is 29.6. The highest BCUT2D eigenvalue weighted by atomic mass is 16.7. The van der Waals surface area contributed by atoms with Crippen molar-refractivity contribution in [1.29, 1.82) is 5.26 Å². The van der Waals surface area contributed by atoms with Gasteiger partial charge in [-0.15, -0.1) is 0 Å². The molecule has 1 aliphatic heterocycles. The number of hydrogen-bond acceptors (Lipinski definition) is 11. The Morgan fingerprint density at radius 1 is 1.16 bits per heavy atom. The summed E-state index contributed by atoms with van der Waals surface area (Å²) < 4.78 is 14.0. The number of carbonyl (C=O) groups is 2. The van der Waals surface area contributed by atoms with E-state index in [9.17, 15) is 30.0 Å². The second-order valence-electron chi connectivity index (χ2n) is 10.2. The molecule has 1 aliphatic rings. The molecule has 4 heterocycles. The molecule has 0 radical (unpaired) electrons. The zero-order chi connectivity index (χ0) is 30.8. The van der Waals surface area contributed by atoms with Crippen LogP contribution in [0.3, 0.4) is 0 Å². The third kappa shape index (κ3) is 5.76. The molecule has 0 unspecified atom stereocenters. The number of nitrogens with zero attached hydrogens (tertiary/aromatic N) is 7. The van der Waals surface area contributed by atoms with Gasteiger partial charge in [0.15, 0.2) is 11.8 Å². The van der Waals surface area contributed by atoms with E-state index < -0.39 is 42.7 Å². The molecular weight excluding hydrogens is 562 g/mol. The van der Waals surface area contributed by atoms with Crippen LogP contribution in [-0.2, 0) is 16.1 Å². The Balaban J connectivity index is 1.35. The van der Waals surface area contributed by atoms with Gasteiger partial charge in [-0.3, -0.25) is 9.25 Å². The third-order valence-corrected chi connectivity index (χ3v) is 7.16. The lowest BCUT2D eigenvalue weighted by molar-refractivity contribution is -0.271. The Kier molecular flexibility index (Phi) is 8.37. The van der Waals surface area contributed by atoms with Gasteiger partial charge in [-0.05, 0) is 19.1 Å².